The largest absolute Gasteiger partial charge is 0.354 e. The summed E-state index contributed by atoms with van der Waals surface area (Å²) in [6.45, 7) is 4.85. The zero-order valence-corrected chi connectivity index (χ0v) is 14.1. The molecule has 0 spiro atoms. The van der Waals surface area contributed by atoms with Crippen molar-refractivity contribution >= 4 is 16.7 Å². The number of aromatic nitrogens is 2. The Kier molecular flexibility index (Phi) is 5.50. The molecule has 6 nitrogen and oxygen atoms in total. The number of rotatable bonds is 6. The van der Waals surface area contributed by atoms with Gasteiger partial charge in [-0.2, -0.15) is 5.10 Å². The summed E-state index contributed by atoms with van der Waals surface area (Å²) >= 11 is 0. The van der Waals surface area contributed by atoms with E-state index in [-0.39, 0.29) is 23.9 Å². The fourth-order valence-electron chi connectivity index (χ4n) is 2.75. The number of carbonyl (C=O) groups excluding carboxylic acids is 1. The summed E-state index contributed by atoms with van der Waals surface area (Å²) in [5.41, 5.74) is 0.348. The molecule has 23 heavy (non-hydrogen) atoms. The molecule has 1 heterocycles. The van der Waals surface area contributed by atoms with E-state index in [1.165, 1.54) is 0 Å². The summed E-state index contributed by atoms with van der Waals surface area (Å²) in [7, 11) is 4.02. The van der Waals surface area contributed by atoms with Crippen LogP contribution in [0.15, 0.2) is 29.1 Å². The van der Waals surface area contributed by atoms with Crippen molar-refractivity contribution in [2.24, 2.45) is 5.92 Å². The molecule has 1 atom stereocenters. The molecule has 2 rings (SSSR count). The lowest BCUT2D eigenvalue weighted by Crippen LogP contribution is -2.43. The highest BCUT2D eigenvalue weighted by Gasteiger charge is 2.17. The number of likely N-dealkylation sites (N-methyl/N-ethyl adjacent to an activating group) is 1. The maximum absolute atomic E-state index is 12.2. The smallest absolute Gasteiger partial charge is 0.272 e. The van der Waals surface area contributed by atoms with Crippen LogP contribution >= 0.6 is 0 Å². The van der Waals surface area contributed by atoms with Gasteiger partial charge in [0.1, 0.15) is 0 Å². The van der Waals surface area contributed by atoms with E-state index in [2.05, 4.69) is 34.3 Å². The molecule has 0 saturated carbocycles. The highest BCUT2D eigenvalue weighted by molar-refractivity contribution is 5.88. The second-order valence-corrected chi connectivity index (χ2v) is 6.30. The number of nitrogens with one attached hydrogen (secondary N) is 2. The molecule has 2 aromatic rings. The van der Waals surface area contributed by atoms with Crippen molar-refractivity contribution in [1.29, 1.82) is 0 Å². The van der Waals surface area contributed by atoms with E-state index in [0.29, 0.717) is 23.5 Å². The SMILES string of the molecule is CC(C)C(CNC(=O)Cc1n[nH]c(=O)c2ccccc12)N(C)C. The predicted octanol–water partition coefficient (Wildman–Crippen LogP) is 1.17. The first kappa shape index (κ1) is 17.1. The number of hydrogen-bond donors (Lipinski definition) is 2. The Balaban J connectivity index is 2.09. The Labute approximate surface area is 135 Å². The third-order valence-corrected chi connectivity index (χ3v) is 4.04. The molecule has 6 heteroatoms. The van der Waals surface area contributed by atoms with E-state index >= 15 is 0 Å². The first-order valence-electron chi connectivity index (χ1n) is 7.79. The molecule has 1 aromatic carbocycles. The van der Waals surface area contributed by atoms with Crippen LogP contribution in [0.25, 0.3) is 10.8 Å². The maximum atomic E-state index is 12.2. The lowest BCUT2D eigenvalue weighted by molar-refractivity contribution is -0.120. The van der Waals surface area contributed by atoms with Gasteiger partial charge in [-0.05, 0) is 26.1 Å². The molecule has 0 aliphatic rings. The second kappa shape index (κ2) is 7.37. The summed E-state index contributed by atoms with van der Waals surface area (Å²) in [4.78, 5) is 26.1. The van der Waals surface area contributed by atoms with Gasteiger partial charge in [0.05, 0.1) is 17.5 Å². The van der Waals surface area contributed by atoms with Crippen molar-refractivity contribution in [3.8, 4) is 0 Å². The highest BCUT2D eigenvalue weighted by Crippen LogP contribution is 2.13. The Bertz CT molecular complexity index is 729. The molecule has 0 fully saturated rings. The van der Waals surface area contributed by atoms with Gasteiger partial charge in [0.25, 0.3) is 5.56 Å². The van der Waals surface area contributed by atoms with Gasteiger partial charge in [0.2, 0.25) is 5.91 Å². The van der Waals surface area contributed by atoms with E-state index in [1.807, 2.05) is 26.2 Å². The number of benzene rings is 1. The van der Waals surface area contributed by atoms with Crippen molar-refractivity contribution in [1.82, 2.24) is 20.4 Å². The fourth-order valence-corrected chi connectivity index (χ4v) is 2.75. The average molecular weight is 316 g/mol. The van der Waals surface area contributed by atoms with Gasteiger partial charge < -0.3 is 10.2 Å². The molecule has 124 valence electrons. The van der Waals surface area contributed by atoms with Crippen LogP contribution in [0.2, 0.25) is 0 Å². The van der Waals surface area contributed by atoms with Crippen LogP contribution in [-0.4, -0.2) is 47.7 Å². The summed E-state index contributed by atoms with van der Waals surface area (Å²) < 4.78 is 0. The van der Waals surface area contributed by atoms with Crippen molar-refractivity contribution in [2.75, 3.05) is 20.6 Å². The minimum Gasteiger partial charge on any atom is -0.354 e. The zero-order valence-electron chi connectivity index (χ0n) is 14.1. The van der Waals surface area contributed by atoms with Gasteiger partial charge in [0, 0.05) is 18.0 Å². The van der Waals surface area contributed by atoms with Crippen molar-refractivity contribution < 1.29 is 4.79 Å². The van der Waals surface area contributed by atoms with Gasteiger partial charge >= 0.3 is 0 Å². The minimum absolute atomic E-state index is 0.0952. The van der Waals surface area contributed by atoms with E-state index < -0.39 is 0 Å². The summed E-state index contributed by atoms with van der Waals surface area (Å²) in [5, 5.41) is 10.7. The second-order valence-electron chi connectivity index (χ2n) is 6.30. The van der Waals surface area contributed by atoms with Gasteiger partial charge in [-0.15, -0.1) is 0 Å². The molecule has 1 aromatic heterocycles. The van der Waals surface area contributed by atoms with E-state index in [1.54, 1.807) is 12.1 Å². The van der Waals surface area contributed by atoms with Crippen molar-refractivity contribution in [3.05, 3.63) is 40.3 Å². The number of hydrogen-bond acceptors (Lipinski definition) is 4. The van der Waals surface area contributed by atoms with Crippen LogP contribution in [0.1, 0.15) is 19.5 Å². The van der Waals surface area contributed by atoms with E-state index in [9.17, 15) is 9.59 Å². The number of amides is 1. The molecule has 1 amide bonds. The monoisotopic (exact) mass is 316 g/mol. The third-order valence-electron chi connectivity index (χ3n) is 4.04. The first-order chi connectivity index (χ1) is 10.9. The predicted molar refractivity (Wildman–Crippen MR) is 91.4 cm³/mol. The number of H-pyrrole nitrogens is 1. The first-order valence-corrected chi connectivity index (χ1v) is 7.79. The molecule has 1 unspecified atom stereocenters. The van der Waals surface area contributed by atoms with Crippen LogP contribution in [0.3, 0.4) is 0 Å². The molecule has 0 aliphatic carbocycles. The fraction of sp³-hybridized carbons (Fsp3) is 0.471. The highest BCUT2D eigenvalue weighted by atomic mass is 16.1. The molecule has 0 bridgehead atoms. The number of aromatic amines is 1. The van der Waals surface area contributed by atoms with Gasteiger partial charge in [0.15, 0.2) is 0 Å². The molecular weight excluding hydrogens is 292 g/mol. The topological polar surface area (TPSA) is 78.1 Å². The number of nitrogens with zero attached hydrogens (tertiary/aromatic N) is 2. The lowest BCUT2D eigenvalue weighted by atomic mass is 10.0. The molecular formula is C17H24N4O2. The van der Waals surface area contributed by atoms with Crippen molar-refractivity contribution in [3.63, 3.8) is 0 Å². The van der Waals surface area contributed by atoms with Gasteiger partial charge in [-0.25, -0.2) is 5.10 Å². The zero-order chi connectivity index (χ0) is 17.0. The summed E-state index contributed by atoms with van der Waals surface area (Å²) in [6.07, 6.45) is 0.148. The standard InChI is InChI=1S/C17H24N4O2/c1-11(2)15(21(3)4)10-18-16(22)9-14-12-7-5-6-8-13(12)17(23)20-19-14/h5-8,11,15H,9-10H2,1-4H3,(H,18,22)(H,20,23). The molecule has 0 radical (unpaired) electrons. The third kappa shape index (κ3) is 4.16. The molecule has 2 N–H and O–H groups in total. The Morgan fingerprint density at radius 2 is 1.91 bits per heavy atom. The summed E-state index contributed by atoms with van der Waals surface area (Å²) in [6, 6.07) is 7.46. The summed E-state index contributed by atoms with van der Waals surface area (Å²) in [5.74, 6) is 0.347. The number of fused-ring (bicyclic) bond motifs is 1. The van der Waals surface area contributed by atoms with Crippen LogP contribution in [0, 0.1) is 5.92 Å². The Morgan fingerprint density at radius 1 is 1.26 bits per heavy atom. The van der Waals surface area contributed by atoms with Crippen LogP contribution in [0.5, 0.6) is 0 Å². The van der Waals surface area contributed by atoms with Crippen LogP contribution < -0.4 is 10.9 Å². The minimum atomic E-state index is -0.239. The van der Waals surface area contributed by atoms with Crippen LogP contribution in [-0.2, 0) is 11.2 Å². The van der Waals surface area contributed by atoms with E-state index in [0.717, 1.165) is 5.39 Å². The normalized spacial score (nSPS) is 12.8. The quantitative estimate of drug-likeness (QED) is 0.838. The Morgan fingerprint density at radius 3 is 2.52 bits per heavy atom. The van der Waals surface area contributed by atoms with Crippen LogP contribution in [0.4, 0.5) is 0 Å². The number of carbonyl (C=O) groups is 1. The Hall–Kier alpha value is -2.21. The maximum Gasteiger partial charge on any atom is 0.272 e. The lowest BCUT2D eigenvalue weighted by Gasteiger charge is -2.28. The van der Waals surface area contributed by atoms with Crippen molar-refractivity contribution in [2.45, 2.75) is 26.3 Å². The molecule has 0 aliphatic heterocycles. The van der Waals surface area contributed by atoms with Gasteiger partial charge in [-0.3, -0.25) is 9.59 Å². The average Bonchev–Trinajstić information content (AvgIpc) is 2.50. The van der Waals surface area contributed by atoms with E-state index in [4.69, 9.17) is 0 Å². The van der Waals surface area contributed by atoms with Gasteiger partial charge in [-0.1, -0.05) is 32.0 Å². The molecule has 0 saturated heterocycles.